The Labute approximate surface area is 91.2 Å². The van der Waals surface area contributed by atoms with Gasteiger partial charge in [0, 0.05) is 6.08 Å². The van der Waals surface area contributed by atoms with Crippen molar-refractivity contribution in [1.29, 1.82) is 0 Å². The van der Waals surface area contributed by atoms with E-state index in [1.807, 2.05) is 20.8 Å². The van der Waals surface area contributed by atoms with Gasteiger partial charge in [0.15, 0.2) is 0 Å². The van der Waals surface area contributed by atoms with Crippen LogP contribution in [-0.2, 0) is 19.0 Å². The number of hydrogen-bond donors (Lipinski definition) is 0. The van der Waals surface area contributed by atoms with Crippen molar-refractivity contribution in [3.05, 3.63) is 12.7 Å². The van der Waals surface area contributed by atoms with Gasteiger partial charge in [-0.1, -0.05) is 6.58 Å². The van der Waals surface area contributed by atoms with Crippen molar-refractivity contribution in [1.82, 2.24) is 0 Å². The zero-order chi connectivity index (χ0) is 11.7. The van der Waals surface area contributed by atoms with Crippen LogP contribution in [0.25, 0.3) is 0 Å². The highest BCUT2D eigenvalue weighted by Crippen LogP contribution is 2.06. The number of esters is 1. The lowest BCUT2D eigenvalue weighted by Gasteiger charge is -2.17. The van der Waals surface area contributed by atoms with E-state index in [1.165, 1.54) is 0 Å². The molecule has 0 amide bonds. The fourth-order valence-electron chi connectivity index (χ4n) is 0.783. The quantitative estimate of drug-likeness (QED) is 0.493. The molecule has 0 aromatic rings. The van der Waals surface area contributed by atoms with Crippen LogP contribution < -0.4 is 0 Å². The number of rotatable bonds is 1. The van der Waals surface area contributed by atoms with Crippen molar-refractivity contribution in [2.45, 2.75) is 26.4 Å². The van der Waals surface area contributed by atoms with Crippen molar-refractivity contribution < 1.29 is 19.0 Å². The summed E-state index contributed by atoms with van der Waals surface area (Å²) in [5, 5.41) is 0. The summed E-state index contributed by atoms with van der Waals surface area (Å²) in [6.45, 7) is 11.8. The summed E-state index contributed by atoms with van der Waals surface area (Å²) in [5.41, 5.74) is -0.398. The van der Waals surface area contributed by atoms with Gasteiger partial charge in [0.2, 0.25) is 0 Å². The van der Waals surface area contributed by atoms with Crippen molar-refractivity contribution in [3.63, 3.8) is 0 Å². The van der Waals surface area contributed by atoms with Crippen LogP contribution in [0.4, 0.5) is 0 Å². The Morgan fingerprint density at radius 2 is 1.60 bits per heavy atom. The zero-order valence-electron chi connectivity index (χ0n) is 9.75. The lowest BCUT2D eigenvalue weighted by molar-refractivity contribution is -0.148. The van der Waals surface area contributed by atoms with Gasteiger partial charge in [-0.2, -0.15) is 0 Å². The van der Waals surface area contributed by atoms with Gasteiger partial charge in [-0.25, -0.2) is 4.79 Å². The van der Waals surface area contributed by atoms with Crippen LogP contribution in [0.2, 0.25) is 0 Å². The van der Waals surface area contributed by atoms with Gasteiger partial charge in [-0.15, -0.1) is 0 Å². The highest BCUT2D eigenvalue weighted by atomic mass is 16.6. The van der Waals surface area contributed by atoms with E-state index in [9.17, 15) is 4.79 Å². The molecule has 1 heterocycles. The standard InChI is InChI=1S/C7H12O2.C4H8O2/c1-5-6(8)9-7(2,3)4;1-2-6-4-3-5-1/h5H,1H2,2-4H3;1-4H2. The Hall–Kier alpha value is -0.870. The molecule has 0 saturated carbocycles. The minimum Gasteiger partial charge on any atom is -0.457 e. The van der Waals surface area contributed by atoms with Crippen LogP contribution in [0.5, 0.6) is 0 Å². The first-order valence-electron chi connectivity index (χ1n) is 4.96. The summed E-state index contributed by atoms with van der Waals surface area (Å²) in [7, 11) is 0. The maximum Gasteiger partial charge on any atom is 0.330 e. The third-order valence-corrected chi connectivity index (χ3v) is 1.32. The Kier molecular flexibility index (Phi) is 6.99. The van der Waals surface area contributed by atoms with E-state index < -0.39 is 5.60 Å². The third kappa shape index (κ3) is 11.1. The minimum absolute atomic E-state index is 0.373. The molecule has 1 saturated heterocycles. The predicted octanol–water partition coefficient (Wildman–Crippen LogP) is 1.55. The SMILES string of the molecule is C1COCCO1.C=CC(=O)OC(C)(C)C. The lowest BCUT2D eigenvalue weighted by atomic mass is 10.2. The van der Waals surface area contributed by atoms with E-state index in [0.29, 0.717) is 0 Å². The average molecular weight is 216 g/mol. The van der Waals surface area contributed by atoms with Crippen LogP contribution in [-0.4, -0.2) is 38.0 Å². The fourth-order valence-corrected chi connectivity index (χ4v) is 0.783. The summed E-state index contributed by atoms with van der Waals surface area (Å²) in [6.07, 6.45) is 1.16. The van der Waals surface area contributed by atoms with Crippen molar-refractivity contribution in [2.75, 3.05) is 26.4 Å². The lowest BCUT2D eigenvalue weighted by Crippen LogP contribution is -2.22. The van der Waals surface area contributed by atoms with Gasteiger partial charge in [-0.3, -0.25) is 0 Å². The van der Waals surface area contributed by atoms with E-state index in [4.69, 9.17) is 14.2 Å². The Balaban J connectivity index is 0.000000280. The molecule has 1 fully saturated rings. The summed E-state index contributed by atoms with van der Waals surface area (Å²) in [6, 6.07) is 0. The molecule has 0 spiro atoms. The molecule has 0 bridgehead atoms. The van der Waals surface area contributed by atoms with E-state index in [2.05, 4.69) is 6.58 Å². The normalized spacial score (nSPS) is 15.9. The van der Waals surface area contributed by atoms with E-state index >= 15 is 0 Å². The molecule has 0 radical (unpaired) electrons. The van der Waals surface area contributed by atoms with E-state index in [1.54, 1.807) is 0 Å². The predicted molar refractivity (Wildman–Crippen MR) is 57.7 cm³/mol. The molecule has 0 atom stereocenters. The van der Waals surface area contributed by atoms with Crippen molar-refractivity contribution >= 4 is 5.97 Å². The number of ether oxygens (including phenoxy) is 3. The second kappa shape index (κ2) is 7.43. The van der Waals surface area contributed by atoms with E-state index in [-0.39, 0.29) is 5.97 Å². The Bertz CT molecular complexity index is 178. The molecule has 1 rings (SSSR count). The largest absolute Gasteiger partial charge is 0.457 e. The molecule has 1 aliphatic rings. The number of hydrogen-bond acceptors (Lipinski definition) is 4. The topological polar surface area (TPSA) is 44.8 Å². The van der Waals surface area contributed by atoms with E-state index in [0.717, 1.165) is 32.5 Å². The maximum absolute atomic E-state index is 10.5. The van der Waals surface area contributed by atoms with Crippen LogP contribution in [0.15, 0.2) is 12.7 Å². The number of carbonyl (C=O) groups excluding carboxylic acids is 1. The summed E-state index contributed by atoms with van der Waals surface area (Å²) < 4.78 is 14.7. The molecule has 0 unspecified atom stereocenters. The summed E-state index contributed by atoms with van der Waals surface area (Å²) >= 11 is 0. The molecule has 88 valence electrons. The van der Waals surface area contributed by atoms with Gasteiger partial charge in [-0.05, 0) is 20.8 Å². The smallest absolute Gasteiger partial charge is 0.330 e. The second-order valence-electron chi connectivity index (χ2n) is 3.96. The molecule has 0 aromatic heterocycles. The van der Waals surface area contributed by atoms with Crippen LogP contribution in [0.3, 0.4) is 0 Å². The highest BCUT2D eigenvalue weighted by Gasteiger charge is 2.12. The first kappa shape index (κ1) is 14.1. The second-order valence-corrected chi connectivity index (χ2v) is 3.96. The van der Waals surface area contributed by atoms with Crippen molar-refractivity contribution in [2.24, 2.45) is 0 Å². The third-order valence-electron chi connectivity index (χ3n) is 1.32. The highest BCUT2D eigenvalue weighted by molar-refractivity contribution is 5.81. The Morgan fingerprint density at radius 1 is 1.20 bits per heavy atom. The van der Waals surface area contributed by atoms with Gasteiger partial charge in [0.25, 0.3) is 0 Å². The molecular weight excluding hydrogens is 196 g/mol. The van der Waals surface area contributed by atoms with Crippen LogP contribution >= 0.6 is 0 Å². The zero-order valence-corrected chi connectivity index (χ0v) is 9.75. The molecule has 0 aromatic carbocycles. The van der Waals surface area contributed by atoms with Gasteiger partial charge in [0.05, 0.1) is 26.4 Å². The van der Waals surface area contributed by atoms with Gasteiger partial charge >= 0.3 is 5.97 Å². The molecule has 4 heteroatoms. The molecule has 0 N–H and O–H groups in total. The summed E-state index contributed by atoms with van der Waals surface area (Å²) in [5.74, 6) is -0.373. The van der Waals surface area contributed by atoms with Crippen LogP contribution in [0.1, 0.15) is 20.8 Å². The molecule has 4 nitrogen and oxygen atoms in total. The minimum atomic E-state index is -0.398. The average Bonchev–Trinajstić information content (AvgIpc) is 2.19. The monoisotopic (exact) mass is 216 g/mol. The summed E-state index contributed by atoms with van der Waals surface area (Å²) in [4.78, 5) is 10.5. The molecule has 1 aliphatic heterocycles. The van der Waals surface area contributed by atoms with Crippen LogP contribution in [0, 0.1) is 0 Å². The Morgan fingerprint density at radius 3 is 1.73 bits per heavy atom. The molecule has 0 aliphatic carbocycles. The molecular formula is C11H20O4. The first-order chi connectivity index (χ1) is 6.95. The van der Waals surface area contributed by atoms with Crippen molar-refractivity contribution in [3.8, 4) is 0 Å². The van der Waals surface area contributed by atoms with Gasteiger partial charge < -0.3 is 14.2 Å². The first-order valence-corrected chi connectivity index (χ1v) is 4.96. The number of carbonyl (C=O) groups is 1. The fraction of sp³-hybridized carbons (Fsp3) is 0.727. The molecule has 15 heavy (non-hydrogen) atoms. The van der Waals surface area contributed by atoms with Gasteiger partial charge in [0.1, 0.15) is 5.60 Å². The maximum atomic E-state index is 10.5.